The number of hydrogen-bond donors (Lipinski definition) is 1. The molecule has 0 aliphatic rings. The molecular weight excluding hydrogens is 184 g/mol. The maximum absolute atomic E-state index is 4.07. The van der Waals surface area contributed by atoms with E-state index in [1.54, 1.807) is 7.05 Å². The van der Waals surface area contributed by atoms with E-state index in [2.05, 4.69) is 51.5 Å². The SMILES string of the molecule is C=C(N/C(C=NC)=C(/C)C(C)C)C(C)C. The van der Waals surface area contributed by atoms with E-state index >= 15 is 0 Å². The Hall–Kier alpha value is -1.05. The lowest BCUT2D eigenvalue weighted by molar-refractivity contribution is 0.694. The van der Waals surface area contributed by atoms with Crippen LogP contribution in [0.1, 0.15) is 34.6 Å². The smallest absolute Gasteiger partial charge is 0.0554 e. The first kappa shape index (κ1) is 13.9. The lowest BCUT2D eigenvalue weighted by atomic mass is 10.0. The molecule has 0 aromatic rings. The lowest BCUT2D eigenvalue weighted by Gasteiger charge is -2.17. The van der Waals surface area contributed by atoms with Crippen LogP contribution in [-0.4, -0.2) is 13.3 Å². The van der Waals surface area contributed by atoms with Crippen molar-refractivity contribution in [2.45, 2.75) is 34.6 Å². The highest BCUT2D eigenvalue weighted by atomic mass is 14.9. The van der Waals surface area contributed by atoms with Crippen LogP contribution < -0.4 is 5.32 Å². The summed E-state index contributed by atoms with van der Waals surface area (Å²) in [5.41, 5.74) is 3.42. The standard InChI is InChI=1S/C13H24N2/c1-9(2)11(5)13(8-14-7)15-12(6)10(3)4/h8-10,15H,6H2,1-5,7H3/b13-11-,14-8?. The van der Waals surface area contributed by atoms with Gasteiger partial charge in [-0.2, -0.15) is 0 Å². The molecule has 0 aromatic carbocycles. The second-order valence-corrected chi connectivity index (χ2v) is 4.44. The van der Waals surface area contributed by atoms with Crippen molar-refractivity contribution in [3.8, 4) is 0 Å². The molecule has 0 saturated heterocycles. The van der Waals surface area contributed by atoms with Gasteiger partial charge in [0.25, 0.3) is 0 Å². The second-order valence-electron chi connectivity index (χ2n) is 4.44. The molecular formula is C13H24N2. The summed E-state index contributed by atoms with van der Waals surface area (Å²) in [6.07, 6.45) is 1.86. The molecule has 0 heterocycles. The first-order valence-electron chi connectivity index (χ1n) is 5.48. The van der Waals surface area contributed by atoms with Crippen LogP contribution in [0.3, 0.4) is 0 Å². The Morgan fingerprint density at radius 3 is 2.07 bits per heavy atom. The zero-order valence-corrected chi connectivity index (χ0v) is 10.9. The minimum atomic E-state index is 0.435. The van der Waals surface area contributed by atoms with Crippen molar-refractivity contribution in [1.82, 2.24) is 5.32 Å². The molecule has 0 unspecified atom stereocenters. The molecule has 0 amide bonds. The van der Waals surface area contributed by atoms with Crippen LogP contribution in [0.25, 0.3) is 0 Å². The summed E-state index contributed by atoms with van der Waals surface area (Å²) in [5.74, 6) is 0.954. The average molecular weight is 208 g/mol. The van der Waals surface area contributed by atoms with Crippen LogP contribution in [-0.2, 0) is 0 Å². The Kier molecular flexibility index (Phi) is 5.99. The lowest BCUT2D eigenvalue weighted by Crippen LogP contribution is -2.19. The van der Waals surface area contributed by atoms with E-state index in [-0.39, 0.29) is 0 Å². The van der Waals surface area contributed by atoms with Gasteiger partial charge in [0.15, 0.2) is 0 Å². The Morgan fingerprint density at radius 2 is 1.73 bits per heavy atom. The predicted molar refractivity (Wildman–Crippen MR) is 69.1 cm³/mol. The van der Waals surface area contributed by atoms with Gasteiger partial charge in [0.2, 0.25) is 0 Å². The average Bonchev–Trinajstić information content (AvgIpc) is 2.15. The van der Waals surface area contributed by atoms with Crippen LogP contribution >= 0.6 is 0 Å². The monoisotopic (exact) mass is 208 g/mol. The minimum Gasteiger partial charge on any atom is -0.358 e. The molecule has 0 aromatic heterocycles. The van der Waals surface area contributed by atoms with Gasteiger partial charge in [0.1, 0.15) is 0 Å². The van der Waals surface area contributed by atoms with E-state index in [4.69, 9.17) is 0 Å². The maximum atomic E-state index is 4.07. The minimum absolute atomic E-state index is 0.435. The maximum Gasteiger partial charge on any atom is 0.0554 e. The predicted octanol–water partition coefficient (Wildman–Crippen LogP) is 3.38. The molecule has 0 spiro atoms. The zero-order valence-electron chi connectivity index (χ0n) is 10.9. The van der Waals surface area contributed by atoms with Crippen molar-refractivity contribution in [3.05, 3.63) is 23.5 Å². The summed E-state index contributed by atoms with van der Waals surface area (Å²) in [5, 5.41) is 3.33. The molecule has 1 N–H and O–H groups in total. The first-order chi connectivity index (χ1) is 6.90. The summed E-state index contributed by atoms with van der Waals surface area (Å²) >= 11 is 0. The molecule has 2 heteroatoms. The molecule has 0 aliphatic heterocycles. The highest BCUT2D eigenvalue weighted by Gasteiger charge is 2.07. The van der Waals surface area contributed by atoms with E-state index in [1.807, 2.05) is 6.21 Å². The third-order valence-electron chi connectivity index (χ3n) is 2.54. The molecule has 0 radical (unpaired) electrons. The molecule has 0 atom stereocenters. The van der Waals surface area contributed by atoms with Gasteiger partial charge in [-0.3, -0.25) is 4.99 Å². The summed E-state index contributed by atoms with van der Waals surface area (Å²) in [6, 6.07) is 0. The van der Waals surface area contributed by atoms with Crippen molar-refractivity contribution in [2.75, 3.05) is 7.05 Å². The molecule has 15 heavy (non-hydrogen) atoms. The van der Waals surface area contributed by atoms with Gasteiger partial charge in [0.05, 0.1) is 5.70 Å². The van der Waals surface area contributed by atoms with Gasteiger partial charge in [0, 0.05) is 19.0 Å². The largest absolute Gasteiger partial charge is 0.358 e. The molecule has 0 bridgehead atoms. The molecule has 0 saturated carbocycles. The number of rotatable bonds is 5. The Labute approximate surface area is 94.2 Å². The summed E-state index contributed by atoms with van der Waals surface area (Å²) < 4.78 is 0. The van der Waals surface area contributed by atoms with Crippen molar-refractivity contribution in [1.29, 1.82) is 0 Å². The van der Waals surface area contributed by atoms with Gasteiger partial charge in [-0.25, -0.2) is 0 Å². The number of hydrogen-bond acceptors (Lipinski definition) is 2. The summed E-state index contributed by atoms with van der Waals surface area (Å²) in [6.45, 7) is 14.7. The van der Waals surface area contributed by atoms with Crippen LogP contribution in [0.2, 0.25) is 0 Å². The Balaban J connectivity index is 4.84. The van der Waals surface area contributed by atoms with Crippen molar-refractivity contribution in [3.63, 3.8) is 0 Å². The van der Waals surface area contributed by atoms with E-state index in [9.17, 15) is 0 Å². The van der Waals surface area contributed by atoms with Gasteiger partial charge in [-0.15, -0.1) is 0 Å². The quantitative estimate of drug-likeness (QED) is 0.688. The molecule has 86 valence electrons. The van der Waals surface area contributed by atoms with E-state index in [0.717, 1.165) is 11.4 Å². The first-order valence-corrected chi connectivity index (χ1v) is 5.48. The van der Waals surface area contributed by atoms with Crippen molar-refractivity contribution in [2.24, 2.45) is 16.8 Å². The van der Waals surface area contributed by atoms with Crippen molar-refractivity contribution < 1.29 is 0 Å². The molecule has 0 rings (SSSR count). The molecule has 0 fully saturated rings. The number of aliphatic imine (C=N–C) groups is 1. The summed E-state index contributed by atoms with van der Waals surface area (Å²) in [7, 11) is 1.79. The highest BCUT2D eigenvalue weighted by Crippen LogP contribution is 2.14. The van der Waals surface area contributed by atoms with Crippen LogP contribution in [0, 0.1) is 11.8 Å². The second kappa shape index (κ2) is 6.44. The fraction of sp³-hybridized carbons (Fsp3) is 0.615. The van der Waals surface area contributed by atoms with Gasteiger partial charge >= 0.3 is 0 Å². The van der Waals surface area contributed by atoms with Gasteiger partial charge in [-0.1, -0.05) is 34.3 Å². The normalized spacial score (nSPS) is 13.6. The highest BCUT2D eigenvalue weighted by molar-refractivity contribution is 5.79. The van der Waals surface area contributed by atoms with E-state index in [0.29, 0.717) is 11.8 Å². The third-order valence-corrected chi connectivity index (χ3v) is 2.54. The number of nitrogens with one attached hydrogen (secondary N) is 1. The number of nitrogens with zero attached hydrogens (tertiary/aromatic N) is 1. The Bertz CT molecular complexity index is 270. The summed E-state index contributed by atoms with van der Waals surface area (Å²) in [4.78, 5) is 4.07. The van der Waals surface area contributed by atoms with Crippen LogP contribution in [0.5, 0.6) is 0 Å². The van der Waals surface area contributed by atoms with Gasteiger partial charge < -0.3 is 5.32 Å². The third kappa shape index (κ3) is 4.82. The fourth-order valence-corrected chi connectivity index (χ4v) is 0.990. The van der Waals surface area contributed by atoms with Crippen LogP contribution in [0.15, 0.2) is 28.5 Å². The van der Waals surface area contributed by atoms with E-state index < -0.39 is 0 Å². The van der Waals surface area contributed by atoms with Crippen molar-refractivity contribution >= 4 is 6.21 Å². The van der Waals surface area contributed by atoms with Crippen LogP contribution in [0.4, 0.5) is 0 Å². The van der Waals surface area contributed by atoms with Gasteiger partial charge in [-0.05, 0) is 24.3 Å². The fourth-order valence-electron chi connectivity index (χ4n) is 0.990. The zero-order chi connectivity index (χ0) is 12.0. The molecule has 2 nitrogen and oxygen atoms in total. The molecule has 0 aliphatic carbocycles. The van der Waals surface area contributed by atoms with E-state index in [1.165, 1.54) is 5.57 Å². The number of allylic oxidation sites excluding steroid dienone is 3. The Morgan fingerprint density at radius 1 is 1.20 bits per heavy atom. The topological polar surface area (TPSA) is 24.4 Å².